The van der Waals surface area contributed by atoms with Crippen LogP contribution in [0.25, 0.3) is 0 Å². The van der Waals surface area contributed by atoms with Gasteiger partial charge in [0, 0.05) is 12.6 Å². The predicted molar refractivity (Wildman–Crippen MR) is 80.6 cm³/mol. The lowest BCUT2D eigenvalue weighted by atomic mass is 9.77. The number of benzene rings is 1. The van der Waals surface area contributed by atoms with Crippen molar-refractivity contribution in [3.05, 3.63) is 35.6 Å². The van der Waals surface area contributed by atoms with E-state index in [-0.39, 0.29) is 11.9 Å². The van der Waals surface area contributed by atoms with Crippen LogP contribution in [0.1, 0.15) is 51.1 Å². The summed E-state index contributed by atoms with van der Waals surface area (Å²) in [6, 6.07) is 6.75. The molecule has 0 radical (unpaired) electrons. The van der Waals surface area contributed by atoms with Gasteiger partial charge in [-0.05, 0) is 49.9 Å². The normalized spacial score (nSPS) is 24.7. The van der Waals surface area contributed by atoms with Crippen molar-refractivity contribution in [3.63, 3.8) is 0 Å². The molecule has 0 spiro atoms. The average Bonchev–Trinajstić information content (AvgIpc) is 2.48. The van der Waals surface area contributed by atoms with Crippen molar-refractivity contribution in [2.75, 3.05) is 13.1 Å². The van der Waals surface area contributed by atoms with E-state index in [2.05, 4.69) is 11.8 Å². The van der Waals surface area contributed by atoms with Crippen molar-refractivity contribution in [1.82, 2.24) is 4.90 Å². The molecule has 3 nitrogen and oxygen atoms in total. The number of piperidine rings is 1. The van der Waals surface area contributed by atoms with Crippen molar-refractivity contribution in [3.8, 4) is 0 Å². The number of likely N-dealkylation sites (tertiary alicyclic amines) is 1. The Morgan fingerprint density at radius 2 is 2.24 bits per heavy atom. The van der Waals surface area contributed by atoms with Crippen LogP contribution in [0.2, 0.25) is 0 Å². The molecular weight excluding hydrogens is 269 g/mol. The second kappa shape index (κ2) is 6.56. The molecule has 2 unspecified atom stereocenters. The van der Waals surface area contributed by atoms with Gasteiger partial charge in [-0.2, -0.15) is 0 Å². The van der Waals surface area contributed by atoms with Gasteiger partial charge in [-0.25, -0.2) is 4.39 Å². The summed E-state index contributed by atoms with van der Waals surface area (Å²) in [4.78, 5) is 13.9. The molecule has 4 heteroatoms. The third kappa shape index (κ3) is 3.26. The number of nitrogens with zero attached hydrogens (tertiary/aromatic N) is 1. The van der Waals surface area contributed by atoms with E-state index in [4.69, 9.17) is 0 Å². The lowest BCUT2D eigenvalue weighted by molar-refractivity contribution is -0.153. The Hall–Kier alpha value is -1.42. The van der Waals surface area contributed by atoms with Crippen LogP contribution in [-0.2, 0) is 4.79 Å². The fraction of sp³-hybridized carbons (Fsp3) is 0.588. The molecule has 1 aromatic carbocycles. The van der Waals surface area contributed by atoms with Gasteiger partial charge in [0.2, 0.25) is 0 Å². The van der Waals surface area contributed by atoms with E-state index in [1.165, 1.54) is 6.07 Å². The molecule has 1 N–H and O–H groups in total. The molecule has 0 saturated carbocycles. The molecule has 1 fully saturated rings. The number of rotatable bonds is 5. The maximum atomic E-state index is 13.5. The van der Waals surface area contributed by atoms with E-state index in [1.807, 2.05) is 13.0 Å². The van der Waals surface area contributed by atoms with Crippen LogP contribution in [0, 0.1) is 11.2 Å². The molecule has 1 aromatic rings. The molecule has 2 rings (SSSR count). The highest BCUT2D eigenvalue weighted by Gasteiger charge is 2.42. The molecule has 1 aliphatic rings. The zero-order valence-electron chi connectivity index (χ0n) is 12.8. The van der Waals surface area contributed by atoms with Crippen LogP contribution in [-0.4, -0.2) is 29.1 Å². The lowest BCUT2D eigenvalue weighted by Gasteiger charge is -2.43. The molecule has 2 atom stereocenters. The molecule has 1 aliphatic heterocycles. The van der Waals surface area contributed by atoms with Crippen LogP contribution >= 0.6 is 0 Å². The quantitative estimate of drug-likeness (QED) is 0.896. The van der Waals surface area contributed by atoms with E-state index in [0.29, 0.717) is 13.0 Å². The summed E-state index contributed by atoms with van der Waals surface area (Å²) in [6.45, 7) is 5.44. The van der Waals surface area contributed by atoms with Crippen LogP contribution in [0.3, 0.4) is 0 Å². The number of carbonyl (C=O) groups is 1. The van der Waals surface area contributed by atoms with Crippen LogP contribution in [0.5, 0.6) is 0 Å². The Balaban J connectivity index is 2.24. The van der Waals surface area contributed by atoms with Crippen molar-refractivity contribution < 1.29 is 14.3 Å². The standard InChI is InChI=1S/C17H24FNO2/c1-3-15(13-7-5-8-14(18)11-13)19-10-6-9-17(4-2,12-19)16(20)21/h5,7-8,11,15H,3-4,6,9-10,12H2,1-2H3,(H,20,21). The summed E-state index contributed by atoms with van der Waals surface area (Å²) in [6.07, 6.45) is 3.10. The number of hydrogen-bond acceptors (Lipinski definition) is 2. The van der Waals surface area contributed by atoms with Gasteiger partial charge in [0.1, 0.15) is 5.82 Å². The van der Waals surface area contributed by atoms with Crippen molar-refractivity contribution in [2.24, 2.45) is 5.41 Å². The summed E-state index contributed by atoms with van der Waals surface area (Å²) < 4.78 is 13.5. The highest BCUT2D eigenvalue weighted by atomic mass is 19.1. The van der Waals surface area contributed by atoms with E-state index >= 15 is 0 Å². The lowest BCUT2D eigenvalue weighted by Crippen LogP contribution is -2.48. The smallest absolute Gasteiger partial charge is 0.310 e. The second-order valence-corrected chi connectivity index (χ2v) is 5.99. The first-order valence-corrected chi connectivity index (χ1v) is 7.75. The number of aliphatic carboxylic acids is 1. The number of hydrogen-bond donors (Lipinski definition) is 1. The number of carboxylic acids is 1. The minimum absolute atomic E-state index is 0.0891. The van der Waals surface area contributed by atoms with Crippen molar-refractivity contribution >= 4 is 5.97 Å². The summed E-state index contributed by atoms with van der Waals surface area (Å²) in [5, 5.41) is 9.59. The molecule has 1 saturated heterocycles. The van der Waals surface area contributed by atoms with Crippen LogP contribution in [0.15, 0.2) is 24.3 Å². The zero-order valence-corrected chi connectivity index (χ0v) is 12.8. The molecule has 1 heterocycles. The monoisotopic (exact) mass is 293 g/mol. The Bertz CT molecular complexity index is 505. The summed E-state index contributed by atoms with van der Waals surface area (Å²) in [5.74, 6) is -0.938. The Kier molecular flexibility index (Phi) is 4.99. The summed E-state index contributed by atoms with van der Waals surface area (Å²) >= 11 is 0. The molecule has 0 aliphatic carbocycles. The topological polar surface area (TPSA) is 40.5 Å². The predicted octanol–water partition coefficient (Wildman–Crippen LogP) is 3.85. The van der Waals surface area contributed by atoms with E-state index in [9.17, 15) is 14.3 Å². The average molecular weight is 293 g/mol. The zero-order chi connectivity index (χ0) is 15.5. The summed E-state index contributed by atoms with van der Waals surface area (Å²) in [5.41, 5.74) is 0.286. The van der Waals surface area contributed by atoms with Gasteiger partial charge in [-0.1, -0.05) is 26.0 Å². The second-order valence-electron chi connectivity index (χ2n) is 5.99. The van der Waals surface area contributed by atoms with Crippen molar-refractivity contribution in [2.45, 2.75) is 45.6 Å². The Morgan fingerprint density at radius 3 is 2.81 bits per heavy atom. The largest absolute Gasteiger partial charge is 0.481 e. The van der Waals surface area contributed by atoms with Gasteiger partial charge in [0.05, 0.1) is 5.41 Å². The molecule has 21 heavy (non-hydrogen) atoms. The minimum Gasteiger partial charge on any atom is -0.481 e. The fourth-order valence-corrected chi connectivity index (χ4v) is 3.47. The highest BCUT2D eigenvalue weighted by Crippen LogP contribution is 2.38. The summed E-state index contributed by atoms with van der Waals surface area (Å²) in [7, 11) is 0. The van der Waals surface area contributed by atoms with Crippen molar-refractivity contribution in [1.29, 1.82) is 0 Å². The maximum Gasteiger partial charge on any atom is 0.310 e. The van der Waals surface area contributed by atoms with Gasteiger partial charge in [0.25, 0.3) is 0 Å². The van der Waals surface area contributed by atoms with Gasteiger partial charge in [-0.3, -0.25) is 9.69 Å². The molecule has 0 bridgehead atoms. The van der Waals surface area contributed by atoms with Gasteiger partial charge in [0.15, 0.2) is 0 Å². The molecule has 116 valence electrons. The third-order valence-electron chi connectivity index (χ3n) is 4.80. The Labute approximate surface area is 125 Å². The first-order chi connectivity index (χ1) is 10.0. The van der Waals surface area contributed by atoms with Crippen LogP contribution < -0.4 is 0 Å². The third-order valence-corrected chi connectivity index (χ3v) is 4.80. The van der Waals surface area contributed by atoms with E-state index in [0.717, 1.165) is 31.4 Å². The first-order valence-electron chi connectivity index (χ1n) is 7.75. The fourth-order valence-electron chi connectivity index (χ4n) is 3.47. The minimum atomic E-state index is -0.705. The van der Waals surface area contributed by atoms with Gasteiger partial charge >= 0.3 is 5.97 Å². The maximum absolute atomic E-state index is 13.5. The first kappa shape index (κ1) is 16.0. The molecule has 0 amide bonds. The SMILES string of the molecule is CCC(c1cccc(F)c1)N1CCCC(CC)(C(=O)O)C1. The van der Waals surface area contributed by atoms with Gasteiger partial charge in [-0.15, -0.1) is 0 Å². The molecular formula is C17H24FNO2. The molecule has 0 aromatic heterocycles. The highest BCUT2D eigenvalue weighted by molar-refractivity contribution is 5.75. The van der Waals surface area contributed by atoms with E-state index in [1.54, 1.807) is 12.1 Å². The van der Waals surface area contributed by atoms with Crippen LogP contribution in [0.4, 0.5) is 4.39 Å². The number of carboxylic acid groups (broad SMARTS) is 1. The number of halogens is 1. The Morgan fingerprint density at radius 1 is 1.48 bits per heavy atom. The van der Waals surface area contributed by atoms with E-state index < -0.39 is 11.4 Å². The van der Waals surface area contributed by atoms with Gasteiger partial charge < -0.3 is 5.11 Å².